The number of rotatable bonds is 7. The lowest BCUT2D eigenvalue weighted by molar-refractivity contribution is 0.408. The number of fused-ring (bicyclic) bond motifs is 1. The van der Waals surface area contributed by atoms with Crippen LogP contribution in [0.1, 0.15) is 19.5 Å². The Hall–Kier alpha value is -1.07. The summed E-state index contributed by atoms with van der Waals surface area (Å²) in [6.45, 7) is 7.56. The zero-order chi connectivity index (χ0) is 15.4. The molecule has 0 aromatic carbocycles. The van der Waals surface area contributed by atoms with Crippen molar-refractivity contribution in [3.63, 3.8) is 0 Å². The molecule has 0 aliphatic rings. The molecule has 0 saturated heterocycles. The van der Waals surface area contributed by atoms with E-state index in [-0.39, 0.29) is 0 Å². The summed E-state index contributed by atoms with van der Waals surface area (Å²) >= 11 is 3.63. The Balaban J connectivity index is 2.37. The third-order valence-corrected chi connectivity index (χ3v) is 3.97. The molecule has 0 spiro atoms. The smallest absolute Gasteiger partial charge is 0.152 e. The van der Waals surface area contributed by atoms with Crippen LogP contribution >= 0.6 is 15.9 Å². The number of hydrogen-bond donors (Lipinski definition) is 0. The first kappa shape index (κ1) is 16.3. The minimum absolute atomic E-state index is 0.611. The molecule has 0 aliphatic heterocycles. The first-order chi connectivity index (χ1) is 10.0. The fourth-order valence-corrected chi connectivity index (χ4v) is 2.98. The van der Waals surface area contributed by atoms with Crippen molar-refractivity contribution in [3.05, 3.63) is 30.1 Å². The molecule has 0 saturated carbocycles. The monoisotopic (exact) mass is 352 g/mol. The van der Waals surface area contributed by atoms with Crippen molar-refractivity contribution in [2.45, 2.75) is 19.2 Å². The van der Waals surface area contributed by atoms with Crippen LogP contribution in [0.3, 0.4) is 0 Å². The normalized spacial score (nSPS) is 11.8. The Labute approximate surface area is 135 Å². The summed E-state index contributed by atoms with van der Waals surface area (Å²) in [6, 6.07) is 6.16. The van der Waals surface area contributed by atoms with Crippen LogP contribution < -0.4 is 4.90 Å². The van der Waals surface area contributed by atoms with Gasteiger partial charge in [-0.25, -0.2) is 4.98 Å². The molecule has 0 atom stereocenters. The van der Waals surface area contributed by atoms with E-state index in [1.54, 1.807) is 0 Å². The van der Waals surface area contributed by atoms with Gasteiger partial charge in [0.15, 0.2) is 5.82 Å². The van der Waals surface area contributed by atoms with E-state index in [9.17, 15) is 0 Å². The maximum absolute atomic E-state index is 4.86. The molecule has 5 heteroatoms. The van der Waals surface area contributed by atoms with Gasteiger partial charge in [0.25, 0.3) is 0 Å². The van der Waals surface area contributed by atoms with E-state index >= 15 is 0 Å². The molecule has 0 aliphatic carbocycles. The van der Waals surface area contributed by atoms with E-state index in [1.165, 1.54) is 5.69 Å². The van der Waals surface area contributed by atoms with Crippen LogP contribution in [0.4, 0.5) is 5.82 Å². The summed E-state index contributed by atoms with van der Waals surface area (Å²) in [5, 5.41) is 0.810. The molecule has 0 fully saturated rings. The third-order valence-electron chi connectivity index (χ3n) is 3.44. The summed E-state index contributed by atoms with van der Waals surface area (Å²) in [4.78, 5) is 9.49. The van der Waals surface area contributed by atoms with Gasteiger partial charge < -0.3 is 14.2 Å². The predicted octanol–water partition coefficient (Wildman–Crippen LogP) is 3.25. The summed E-state index contributed by atoms with van der Waals surface area (Å²) in [7, 11) is 4.23. The molecule has 21 heavy (non-hydrogen) atoms. The predicted molar refractivity (Wildman–Crippen MR) is 93.4 cm³/mol. The minimum Gasteiger partial charge on any atom is -0.354 e. The molecule has 2 aromatic rings. The molecule has 0 amide bonds. The summed E-state index contributed by atoms with van der Waals surface area (Å²) < 4.78 is 2.17. The van der Waals surface area contributed by atoms with Crippen LogP contribution in [0.2, 0.25) is 0 Å². The van der Waals surface area contributed by atoms with Crippen LogP contribution in [0, 0.1) is 5.92 Å². The number of nitrogens with zero attached hydrogens (tertiary/aromatic N) is 4. The average molecular weight is 353 g/mol. The highest BCUT2D eigenvalue weighted by Crippen LogP contribution is 2.24. The van der Waals surface area contributed by atoms with Gasteiger partial charge in [-0.1, -0.05) is 35.8 Å². The lowest BCUT2D eigenvalue weighted by Gasteiger charge is -2.27. The maximum Gasteiger partial charge on any atom is 0.152 e. The van der Waals surface area contributed by atoms with E-state index in [2.05, 4.69) is 76.4 Å². The number of likely N-dealkylation sites (N-methyl/N-ethyl adjacent to an activating group) is 1. The number of hydrogen-bond acceptors (Lipinski definition) is 3. The third kappa shape index (κ3) is 3.98. The Bertz CT molecular complexity index is 577. The minimum atomic E-state index is 0.611. The van der Waals surface area contributed by atoms with Crippen LogP contribution in [0.5, 0.6) is 0 Å². The van der Waals surface area contributed by atoms with Crippen LogP contribution in [-0.4, -0.2) is 48.0 Å². The standard InChI is InChI=1S/C16H25BrN4/c1-13(2)12-20(10-9-19(3)4)16-14(11-17)21-8-6-5-7-15(21)18-16/h5-8,13H,9-12H2,1-4H3. The van der Waals surface area contributed by atoms with Crippen molar-refractivity contribution >= 4 is 27.4 Å². The highest BCUT2D eigenvalue weighted by Gasteiger charge is 2.18. The van der Waals surface area contributed by atoms with Gasteiger partial charge in [0.05, 0.1) is 5.69 Å². The van der Waals surface area contributed by atoms with E-state index in [1.807, 2.05) is 6.07 Å². The second-order valence-corrected chi connectivity index (χ2v) is 6.65. The zero-order valence-electron chi connectivity index (χ0n) is 13.4. The van der Waals surface area contributed by atoms with Gasteiger partial charge in [-0.05, 0) is 32.1 Å². The number of halogens is 1. The van der Waals surface area contributed by atoms with E-state index in [0.717, 1.165) is 36.4 Å². The molecule has 0 unspecified atom stereocenters. The van der Waals surface area contributed by atoms with Crippen molar-refractivity contribution in [1.82, 2.24) is 14.3 Å². The number of pyridine rings is 1. The largest absolute Gasteiger partial charge is 0.354 e. The molecule has 4 nitrogen and oxygen atoms in total. The fourth-order valence-electron chi connectivity index (χ4n) is 2.46. The Kier molecular flexibility index (Phi) is 5.65. The number of alkyl halides is 1. The highest BCUT2D eigenvalue weighted by molar-refractivity contribution is 9.08. The van der Waals surface area contributed by atoms with Crippen molar-refractivity contribution in [1.29, 1.82) is 0 Å². The summed E-state index contributed by atoms with van der Waals surface area (Å²) in [6.07, 6.45) is 2.09. The van der Waals surface area contributed by atoms with E-state index in [0.29, 0.717) is 5.92 Å². The Morgan fingerprint density at radius 1 is 1.24 bits per heavy atom. The molecule has 0 N–H and O–H groups in total. The number of imidazole rings is 1. The quantitative estimate of drug-likeness (QED) is 0.714. The first-order valence-corrected chi connectivity index (χ1v) is 8.56. The average Bonchev–Trinajstić information content (AvgIpc) is 2.81. The first-order valence-electron chi connectivity index (χ1n) is 7.44. The SMILES string of the molecule is CC(C)CN(CCN(C)C)c1nc2ccccn2c1CBr. The van der Waals surface area contributed by atoms with Gasteiger partial charge in [0.1, 0.15) is 5.65 Å². The summed E-state index contributed by atoms with van der Waals surface area (Å²) in [5.74, 6) is 1.72. The van der Waals surface area contributed by atoms with Crippen LogP contribution in [0.25, 0.3) is 5.65 Å². The lowest BCUT2D eigenvalue weighted by Crippen LogP contribution is -2.35. The molecular formula is C16H25BrN4. The molecule has 0 bridgehead atoms. The number of anilines is 1. The molecule has 116 valence electrons. The van der Waals surface area contributed by atoms with E-state index < -0.39 is 0 Å². The molecule has 2 rings (SSSR count). The van der Waals surface area contributed by atoms with Crippen molar-refractivity contribution in [3.8, 4) is 0 Å². The van der Waals surface area contributed by atoms with Crippen molar-refractivity contribution < 1.29 is 0 Å². The lowest BCUT2D eigenvalue weighted by atomic mass is 10.2. The topological polar surface area (TPSA) is 23.8 Å². The van der Waals surface area contributed by atoms with Gasteiger partial charge in [-0.2, -0.15) is 0 Å². The molecular weight excluding hydrogens is 328 g/mol. The molecule has 2 heterocycles. The van der Waals surface area contributed by atoms with Crippen molar-refractivity contribution in [2.75, 3.05) is 38.6 Å². The van der Waals surface area contributed by atoms with Gasteiger partial charge in [-0.15, -0.1) is 0 Å². The van der Waals surface area contributed by atoms with Gasteiger partial charge in [0, 0.05) is 31.2 Å². The van der Waals surface area contributed by atoms with Crippen molar-refractivity contribution in [2.24, 2.45) is 5.92 Å². The maximum atomic E-state index is 4.86. The van der Waals surface area contributed by atoms with Crippen LogP contribution in [-0.2, 0) is 5.33 Å². The highest BCUT2D eigenvalue weighted by atomic mass is 79.9. The zero-order valence-corrected chi connectivity index (χ0v) is 15.0. The van der Waals surface area contributed by atoms with Gasteiger partial charge >= 0.3 is 0 Å². The molecule has 0 radical (unpaired) electrons. The Morgan fingerprint density at radius 2 is 2.00 bits per heavy atom. The second-order valence-electron chi connectivity index (χ2n) is 6.09. The Morgan fingerprint density at radius 3 is 2.62 bits per heavy atom. The van der Waals surface area contributed by atoms with Crippen LogP contribution in [0.15, 0.2) is 24.4 Å². The second kappa shape index (κ2) is 7.27. The number of aromatic nitrogens is 2. The summed E-state index contributed by atoms with van der Waals surface area (Å²) in [5.41, 5.74) is 2.24. The van der Waals surface area contributed by atoms with Gasteiger partial charge in [-0.3, -0.25) is 0 Å². The van der Waals surface area contributed by atoms with Gasteiger partial charge in [0.2, 0.25) is 0 Å². The van der Waals surface area contributed by atoms with E-state index in [4.69, 9.17) is 4.98 Å². The molecule has 2 aromatic heterocycles. The fraction of sp³-hybridized carbons (Fsp3) is 0.562.